The van der Waals surface area contributed by atoms with Crippen molar-refractivity contribution in [2.24, 2.45) is 0 Å². The Bertz CT molecular complexity index is 1270. The number of carboxylic acids is 1. The van der Waals surface area contributed by atoms with Crippen molar-refractivity contribution in [2.75, 3.05) is 16.8 Å². The van der Waals surface area contributed by atoms with Crippen LogP contribution in [0.3, 0.4) is 0 Å². The molecule has 166 valence electrons. The number of anilines is 2. The summed E-state index contributed by atoms with van der Waals surface area (Å²) in [6.45, 7) is 5.60. The van der Waals surface area contributed by atoms with Crippen LogP contribution < -0.4 is 15.8 Å². The molecule has 0 aliphatic carbocycles. The van der Waals surface area contributed by atoms with E-state index in [1.54, 1.807) is 18.2 Å². The van der Waals surface area contributed by atoms with Crippen LogP contribution in [0.15, 0.2) is 41.2 Å². The lowest BCUT2D eigenvalue weighted by molar-refractivity contribution is 0.0698. The summed E-state index contributed by atoms with van der Waals surface area (Å²) < 4.78 is 1.84. The first kappa shape index (κ1) is 20.5. The van der Waals surface area contributed by atoms with E-state index in [0.717, 1.165) is 42.9 Å². The number of aromatic carboxylic acids is 1. The normalized spacial score (nSPS) is 18.7. The molecule has 0 radical (unpaired) electrons. The number of aromatic nitrogens is 2. The summed E-state index contributed by atoms with van der Waals surface area (Å²) in [5.41, 5.74) is 3.37. The largest absolute Gasteiger partial charge is 0.478 e. The Kier molecular flexibility index (Phi) is 5.12. The molecule has 2 aliphatic heterocycles. The molecule has 2 aromatic carbocycles. The van der Waals surface area contributed by atoms with E-state index in [4.69, 9.17) is 4.98 Å². The molecule has 1 saturated heterocycles. The number of carbonyl (C=O) groups is 1. The van der Waals surface area contributed by atoms with Gasteiger partial charge in [-0.05, 0) is 63.3 Å². The molecule has 0 bridgehead atoms. The predicted octanol–water partition coefficient (Wildman–Crippen LogP) is 4.34. The third kappa shape index (κ3) is 3.42. The summed E-state index contributed by atoms with van der Waals surface area (Å²) in [5.74, 6) is -0.197. The van der Waals surface area contributed by atoms with Gasteiger partial charge in [0.05, 0.1) is 22.5 Å². The number of benzene rings is 2. The first-order valence-electron chi connectivity index (χ1n) is 11.3. The van der Waals surface area contributed by atoms with Crippen molar-refractivity contribution in [3.8, 4) is 0 Å². The molecule has 2 aliphatic rings. The standard InChI is InChI=1S/C25H28N4O3/c1-15-13-19(16(2)26-21-9-4-3-8-18(21)24(31)32)22-20(14-15)23(30)29-12-10-17-7-5-6-11-28(17)25(29)27-22/h3-4,8-9,13-14,16-17,26H,5-7,10-12H2,1-2H3,(H,31,32). The van der Waals surface area contributed by atoms with E-state index in [2.05, 4.69) is 10.2 Å². The average molecular weight is 433 g/mol. The van der Waals surface area contributed by atoms with Crippen LogP contribution in [0.5, 0.6) is 0 Å². The molecule has 7 heteroatoms. The summed E-state index contributed by atoms with van der Waals surface area (Å²) in [5, 5.41) is 13.5. The number of rotatable bonds is 4. The fraction of sp³-hybridized carbons (Fsp3) is 0.400. The summed E-state index contributed by atoms with van der Waals surface area (Å²) in [6.07, 6.45) is 4.49. The van der Waals surface area contributed by atoms with Gasteiger partial charge in [0, 0.05) is 30.4 Å². The number of hydrogen-bond acceptors (Lipinski definition) is 5. The molecule has 7 nitrogen and oxygen atoms in total. The molecule has 1 fully saturated rings. The molecule has 1 aromatic heterocycles. The van der Waals surface area contributed by atoms with Gasteiger partial charge >= 0.3 is 5.97 Å². The minimum atomic E-state index is -0.976. The number of aryl methyl sites for hydroxylation is 1. The van der Waals surface area contributed by atoms with Crippen LogP contribution in [0.4, 0.5) is 11.6 Å². The van der Waals surface area contributed by atoms with Crippen LogP contribution in [0.25, 0.3) is 10.9 Å². The lowest BCUT2D eigenvalue weighted by Gasteiger charge is -2.41. The number of nitrogens with zero attached hydrogens (tertiary/aromatic N) is 3. The van der Waals surface area contributed by atoms with Gasteiger partial charge in [-0.25, -0.2) is 9.78 Å². The first-order chi connectivity index (χ1) is 15.4. The molecule has 2 atom stereocenters. The Morgan fingerprint density at radius 3 is 2.81 bits per heavy atom. The highest BCUT2D eigenvalue weighted by Gasteiger charge is 2.31. The highest BCUT2D eigenvalue weighted by atomic mass is 16.4. The topological polar surface area (TPSA) is 87.5 Å². The van der Waals surface area contributed by atoms with E-state index in [9.17, 15) is 14.7 Å². The maximum Gasteiger partial charge on any atom is 0.337 e. The van der Waals surface area contributed by atoms with Gasteiger partial charge in [0.15, 0.2) is 0 Å². The van der Waals surface area contributed by atoms with Crippen LogP contribution in [-0.4, -0.2) is 33.2 Å². The molecular weight excluding hydrogens is 404 g/mol. The lowest BCUT2D eigenvalue weighted by Crippen LogP contribution is -2.48. The second kappa shape index (κ2) is 7.97. The van der Waals surface area contributed by atoms with Crippen molar-refractivity contribution in [1.29, 1.82) is 0 Å². The zero-order chi connectivity index (χ0) is 22.4. The van der Waals surface area contributed by atoms with Crippen LogP contribution in [0, 0.1) is 6.92 Å². The Labute approximate surface area is 186 Å². The van der Waals surface area contributed by atoms with Gasteiger partial charge in [-0.2, -0.15) is 0 Å². The van der Waals surface area contributed by atoms with Crippen molar-refractivity contribution in [3.05, 3.63) is 63.4 Å². The lowest BCUT2D eigenvalue weighted by atomic mass is 9.97. The highest BCUT2D eigenvalue weighted by molar-refractivity contribution is 5.94. The second-order valence-electron chi connectivity index (χ2n) is 8.97. The monoisotopic (exact) mass is 432 g/mol. The highest BCUT2D eigenvalue weighted by Crippen LogP contribution is 2.33. The van der Waals surface area contributed by atoms with E-state index >= 15 is 0 Å². The second-order valence-corrected chi connectivity index (χ2v) is 8.97. The number of piperidine rings is 1. The summed E-state index contributed by atoms with van der Waals surface area (Å²) in [6, 6.07) is 11.1. The predicted molar refractivity (Wildman–Crippen MR) is 126 cm³/mol. The fourth-order valence-electron chi connectivity index (χ4n) is 5.19. The zero-order valence-electron chi connectivity index (χ0n) is 18.5. The SMILES string of the molecule is Cc1cc(C(C)Nc2ccccc2C(=O)O)c2nc3n(c(=O)c2c1)CCC1CCCCN31. The Balaban J connectivity index is 1.63. The van der Waals surface area contributed by atoms with Crippen molar-refractivity contribution < 1.29 is 9.90 Å². The van der Waals surface area contributed by atoms with Crippen LogP contribution in [0.2, 0.25) is 0 Å². The number of hydrogen-bond donors (Lipinski definition) is 2. The van der Waals surface area contributed by atoms with Crippen LogP contribution in [-0.2, 0) is 6.54 Å². The molecular formula is C25H28N4O3. The average Bonchev–Trinajstić information content (AvgIpc) is 2.79. The molecule has 32 heavy (non-hydrogen) atoms. The van der Waals surface area contributed by atoms with Gasteiger partial charge in [0.2, 0.25) is 5.95 Å². The van der Waals surface area contributed by atoms with Gasteiger partial charge in [-0.15, -0.1) is 0 Å². The van der Waals surface area contributed by atoms with Gasteiger partial charge in [-0.1, -0.05) is 18.2 Å². The van der Waals surface area contributed by atoms with Gasteiger partial charge in [0.25, 0.3) is 5.56 Å². The fourth-order valence-corrected chi connectivity index (χ4v) is 5.19. The zero-order valence-corrected chi connectivity index (χ0v) is 18.5. The molecule has 5 rings (SSSR count). The molecule has 3 heterocycles. The summed E-state index contributed by atoms with van der Waals surface area (Å²) in [4.78, 5) is 32.5. The van der Waals surface area contributed by atoms with Gasteiger partial charge < -0.3 is 15.3 Å². The molecule has 0 saturated carbocycles. The smallest absolute Gasteiger partial charge is 0.337 e. The molecule has 0 spiro atoms. The number of fused-ring (bicyclic) bond motifs is 4. The Hall–Kier alpha value is -3.35. The molecule has 3 aromatic rings. The molecule has 2 N–H and O–H groups in total. The maximum atomic E-state index is 13.5. The van der Waals surface area contributed by atoms with E-state index in [1.807, 2.05) is 36.6 Å². The molecule has 0 amide bonds. The number of carboxylic acid groups (broad SMARTS) is 1. The van der Waals surface area contributed by atoms with Crippen molar-refractivity contribution >= 4 is 28.5 Å². The first-order valence-corrected chi connectivity index (χ1v) is 11.3. The Morgan fingerprint density at radius 2 is 2.00 bits per heavy atom. The van der Waals surface area contributed by atoms with E-state index in [-0.39, 0.29) is 17.2 Å². The van der Waals surface area contributed by atoms with E-state index in [0.29, 0.717) is 29.2 Å². The van der Waals surface area contributed by atoms with Crippen molar-refractivity contribution in [3.63, 3.8) is 0 Å². The minimum Gasteiger partial charge on any atom is -0.478 e. The third-order valence-electron chi connectivity index (χ3n) is 6.78. The van der Waals surface area contributed by atoms with Crippen molar-refractivity contribution in [2.45, 2.75) is 58.2 Å². The van der Waals surface area contributed by atoms with Crippen LogP contribution in [0.1, 0.15) is 60.1 Å². The van der Waals surface area contributed by atoms with E-state index < -0.39 is 5.97 Å². The van der Waals surface area contributed by atoms with Gasteiger partial charge in [-0.3, -0.25) is 9.36 Å². The van der Waals surface area contributed by atoms with Crippen molar-refractivity contribution in [1.82, 2.24) is 9.55 Å². The maximum absolute atomic E-state index is 13.5. The third-order valence-corrected chi connectivity index (χ3v) is 6.78. The van der Waals surface area contributed by atoms with Crippen LogP contribution >= 0.6 is 0 Å². The number of nitrogens with one attached hydrogen (secondary N) is 1. The van der Waals surface area contributed by atoms with E-state index in [1.165, 1.54) is 6.42 Å². The minimum absolute atomic E-state index is 0.0112. The number of para-hydroxylation sites is 1. The summed E-state index contributed by atoms with van der Waals surface area (Å²) >= 11 is 0. The summed E-state index contributed by atoms with van der Waals surface area (Å²) in [7, 11) is 0. The molecule has 2 unspecified atom stereocenters. The van der Waals surface area contributed by atoms with Gasteiger partial charge in [0.1, 0.15) is 0 Å². The Morgan fingerprint density at radius 1 is 1.19 bits per heavy atom. The quantitative estimate of drug-likeness (QED) is 0.638.